The second kappa shape index (κ2) is 5.30. The van der Waals surface area contributed by atoms with Crippen LogP contribution < -0.4 is 5.32 Å². The fraction of sp³-hybridized carbons (Fsp3) is 0.632. The van der Waals surface area contributed by atoms with E-state index in [-0.39, 0.29) is 21.5 Å². The molecule has 23 heavy (non-hydrogen) atoms. The lowest BCUT2D eigenvalue weighted by molar-refractivity contribution is -0.123. The van der Waals surface area contributed by atoms with E-state index in [0.717, 1.165) is 29.5 Å². The fourth-order valence-corrected chi connectivity index (χ4v) is 7.36. The van der Waals surface area contributed by atoms with E-state index in [2.05, 4.69) is 21.2 Å². The van der Waals surface area contributed by atoms with Crippen molar-refractivity contribution in [1.82, 2.24) is 0 Å². The summed E-state index contributed by atoms with van der Waals surface area (Å²) in [7, 11) is 0. The average Bonchev–Trinajstić information content (AvgIpc) is 2.38. The third kappa shape index (κ3) is 2.95. The van der Waals surface area contributed by atoms with Crippen LogP contribution in [-0.2, 0) is 4.79 Å². The molecular formula is C19H23BrFNO. The first kappa shape index (κ1) is 15.6. The Bertz CT molecular complexity index is 645. The lowest BCUT2D eigenvalue weighted by Crippen LogP contribution is -2.53. The molecule has 1 N–H and O–H groups in total. The van der Waals surface area contributed by atoms with Gasteiger partial charge in [-0.2, -0.15) is 0 Å². The smallest absolute Gasteiger partial charge is 0.224 e. The van der Waals surface area contributed by atoms with Crippen molar-refractivity contribution in [3.63, 3.8) is 0 Å². The maximum atomic E-state index is 13.2. The fourth-order valence-electron chi connectivity index (χ4n) is 5.85. The summed E-state index contributed by atoms with van der Waals surface area (Å²) in [5, 5.41) is 3.00. The molecule has 0 radical (unpaired) electrons. The zero-order valence-electron chi connectivity index (χ0n) is 13.5. The Morgan fingerprint density at radius 1 is 1.30 bits per heavy atom. The molecule has 0 aromatic heterocycles. The summed E-state index contributed by atoms with van der Waals surface area (Å²) in [5.74, 6) is 1.40. The van der Waals surface area contributed by atoms with Crippen molar-refractivity contribution >= 4 is 27.5 Å². The summed E-state index contributed by atoms with van der Waals surface area (Å²) in [4.78, 5) is 12.6. The van der Waals surface area contributed by atoms with Crippen molar-refractivity contribution < 1.29 is 9.18 Å². The molecule has 0 heterocycles. The van der Waals surface area contributed by atoms with Crippen molar-refractivity contribution in [2.75, 3.05) is 5.32 Å². The third-order valence-corrected chi connectivity index (χ3v) is 7.04. The first-order chi connectivity index (χ1) is 10.8. The standard InChI is InChI=1S/C19H23BrFNO/c1-12-4-15(21)2-3-16(12)22-17(23)10-18-6-13-5-14(7-18)9-19(20,8-13)11-18/h2-4,13-14H,5-11H2,1H3,(H,22,23)/t13-,14-,18?,19?/m0/s1. The van der Waals surface area contributed by atoms with Gasteiger partial charge in [-0.25, -0.2) is 4.39 Å². The Balaban J connectivity index is 1.48. The summed E-state index contributed by atoms with van der Waals surface area (Å²) >= 11 is 4.00. The molecule has 2 atom stereocenters. The number of hydrogen-bond acceptors (Lipinski definition) is 1. The molecule has 0 aliphatic heterocycles. The number of benzene rings is 1. The van der Waals surface area contributed by atoms with Crippen molar-refractivity contribution in [2.45, 2.75) is 56.2 Å². The predicted octanol–water partition coefficient (Wildman–Crippen LogP) is 5.20. The van der Waals surface area contributed by atoms with Gasteiger partial charge < -0.3 is 5.32 Å². The maximum absolute atomic E-state index is 13.2. The Labute approximate surface area is 145 Å². The van der Waals surface area contributed by atoms with Crippen LogP contribution in [0.5, 0.6) is 0 Å². The summed E-state index contributed by atoms with van der Waals surface area (Å²) in [6, 6.07) is 4.53. The summed E-state index contributed by atoms with van der Waals surface area (Å²) < 4.78 is 13.5. The van der Waals surface area contributed by atoms with Gasteiger partial charge in [0.1, 0.15) is 5.82 Å². The normalized spacial score (nSPS) is 37.9. The van der Waals surface area contributed by atoms with Crippen LogP contribution in [0.25, 0.3) is 0 Å². The van der Waals surface area contributed by atoms with Crippen molar-refractivity contribution in [1.29, 1.82) is 0 Å². The van der Waals surface area contributed by atoms with Crippen LogP contribution in [0.1, 0.15) is 50.5 Å². The van der Waals surface area contributed by atoms with E-state index in [9.17, 15) is 9.18 Å². The summed E-state index contributed by atoms with van der Waals surface area (Å²) in [6.07, 6.45) is 8.05. The number of carbonyl (C=O) groups is 1. The van der Waals surface area contributed by atoms with Crippen molar-refractivity contribution in [3.05, 3.63) is 29.6 Å². The molecule has 4 bridgehead atoms. The molecule has 0 spiro atoms. The zero-order valence-corrected chi connectivity index (χ0v) is 15.1. The minimum atomic E-state index is -0.261. The van der Waals surface area contributed by atoms with Crippen LogP contribution in [0, 0.1) is 30.0 Å². The Hall–Kier alpha value is -0.900. The third-order valence-electron chi connectivity index (χ3n) is 6.11. The molecule has 124 valence electrons. The average molecular weight is 380 g/mol. The lowest BCUT2D eigenvalue weighted by Gasteiger charge is -2.60. The number of amides is 1. The van der Waals surface area contributed by atoms with Gasteiger partial charge in [0.25, 0.3) is 0 Å². The number of aryl methyl sites for hydroxylation is 1. The maximum Gasteiger partial charge on any atom is 0.224 e. The van der Waals surface area contributed by atoms with Gasteiger partial charge in [0, 0.05) is 16.4 Å². The Kier molecular flexibility index (Phi) is 3.60. The highest BCUT2D eigenvalue weighted by molar-refractivity contribution is 9.10. The molecule has 5 rings (SSSR count). The number of anilines is 1. The molecule has 1 aromatic carbocycles. The quantitative estimate of drug-likeness (QED) is 0.718. The predicted molar refractivity (Wildman–Crippen MR) is 93.2 cm³/mol. The van der Waals surface area contributed by atoms with Crippen molar-refractivity contribution in [3.8, 4) is 0 Å². The number of rotatable bonds is 3. The number of nitrogens with one attached hydrogen (secondary N) is 1. The highest BCUT2D eigenvalue weighted by Crippen LogP contribution is 2.65. The van der Waals surface area contributed by atoms with E-state index in [1.807, 2.05) is 6.92 Å². The number of carbonyl (C=O) groups excluding carboxylic acids is 1. The van der Waals surface area contributed by atoms with Gasteiger partial charge in [-0.05, 0) is 86.5 Å². The van der Waals surface area contributed by atoms with Crippen LogP contribution in [0.2, 0.25) is 0 Å². The minimum absolute atomic E-state index is 0.0813. The Morgan fingerprint density at radius 3 is 2.61 bits per heavy atom. The topological polar surface area (TPSA) is 29.1 Å². The molecule has 0 unspecified atom stereocenters. The highest BCUT2D eigenvalue weighted by Gasteiger charge is 2.57. The van der Waals surface area contributed by atoms with E-state index in [4.69, 9.17) is 0 Å². The monoisotopic (exact) mass is 379 g/mol. The minimum Gasteiger partial charge on any atom is -0.326 e. The van der Waals surface area contributed by atoms with Crippen LogP contribution in [-0.4, -0.2) is 10.2 Å². The lowest BCUT2D eigenvalue weighted by atomic mass is 9.48. The van der Waals surface area contributed by atoms with Gasteiger partial charge in [0.2, 0.25) is 5.91 Å². The van der Waals surface area contributed by atoms with E-state index < -0.39 is 0 Å². The highest BCUT2D eigenvalue weighted by atomic mass is 79.9. The first-order valence-corrected chi connectivity index (χ1v) is 9.39. The van der Waals surface area contributed by atoms with Gasteiger partial charge in [-0.15, -0.1) is 0 Å². The van der Waals surface area contributed by atoms with Crippen LogP contribution in [0.15, 0.2) is 18.2 Å². The molecule has 4 aliphatic rings. The molecule has 4 fully saturated rings. The number of halogens is 2. The van der Waals surface area contributed by atoms with E-state index >= 15 is 0 Å². The van der Waals surface area contributed by atoms with E-state index in [0.29, 0.717) is 6.42 Å². The molecule has 2 nitrogen and oxygen atoms in total. The zero-order chi connectivity index (χ0) is 16.2. The molecule has 4 aliphatic carbocycles. The largest absolute Gasteiger partial charge is 0.326 e. The number of hydrogen-bond donors (Lipinski definition) is 1. The second-order valence-corrected chi connectivity index (χ2v) is 9.98. The SMILES string of the molecule is Cc1cc(F)ccc1NC(=O)CC12C[C@@H]3C[C@H](CC(Br)(C3)C1)C2. The summed E-state index contributed by atoms with van der Waals surface area (Å²) in [6.45, 7) is 1.83. The molecular weight excluding hydrogens is 357 g/mol. The molecule has 4 saturated carbocycles. The molecule has 1 aromatic rings. The van der Waals surface area contributed by atoms with E-state index in [1.54, 1.807) is 6.07 Å². The second-order valence-electron chi connectivity index (χ2n) is 8.30. The molecule has 0 saturated heterocycles. The van der Waals surface area contributed by atoms with Gasteiger partial charge >= 0.3 is 0 Å². The van der Waals surface area contributed by atoms with Gasteiger partial charge in [-0.3, -0.25) is 4.79 Å². The van der Waals surface area contributed by atoms with E-state index in [1.165, 1.54) is 44.2 Å². The molecule has 4 heteroatoms. The number of alkyl halides is 1. The Morgan fingerprint density at radius 2 is 2.00 bits per heavy atom. The van der Waals surface area contributed by atoms with Crippen molar-refractivity contribution in [2.24, 2.45) is 17.3 Å². The van der Waals surface area contributed by atoms with Crippen LogP contribution in [0.3, 0.4) is 0 Å². The van der Waals surface area contributed by atoms with Gasteiger partial charge in [0.15, 0.2) is 0 Å². The van der Waals surface area contributed by atoms with Gasteiger partial charge in [0.05, 0.1) is 0 Å². The van der Waals surface area contributed by atoms with Crippen LogP contribution >= 0.6 is 15.9 Å². The molecule has 1 amide bonds. The summed E-state index contributed by atoms with van der Waals surface area (Å²) in [5.41, 5.74) is 1.68. The van der Waals surface area contributed by atoms with Gasteiger partial charge in [-0.1, -0.05) is 15.9 Å². The first-order valence-electron chi connectivity index (χ1n) is 8.60. The van der Waals surface area contributed by atoms with Crippen LogP contribution in [0.4, 0.5) is 10.1 Å².